The number of thiazole rings is 1. The highest BCUT2D eigenvalue weighted by Gasteiger charge is 2.20. The number of nitrogens with zero attached hydrogens (tertiary/aromatic N) is 1. The predicted molar refractivity (Wildman–Crippen MR) is 76.8 cm³/mol. The van der Waals surface area contributed by atoms with E-state index in [0.717, 1.165) is 24.0 Å². The maximum absolute atomic E-state index is 4.74. The van der Waals surface area contributed by atoms with Crippen LogP contribution in [0.15, 0.2) is 29.6 Å². The Morgan fingerprint density at radius 3 is 2.94 bits per heavy atom. The molecule has 2 aromatic rings. The Kier molecular flexibility index (Phi) is 3.43. The van der Waals surface area contributed by atoms with E-state index in [4.69, 9.17) is 4.98 Å². The van der Waals surface area contributed by atoms with Crippen molar-refractivity contribution in [1.29, 1.82) is 0 Å². The fourth-order valence-electron chi connectivity index (χ4n) is 2.09. The van der Waals surface area contributed by atoms with Crippen LogP contribution in [0.25, 0.3) is 10.6 Å². The van der Waals surface area contributed by atoms with Gasteiger partial charge in [0.25, 0.3) is 0 Å². The molecule has 0 bridgehead atoms. The van der Waals surface area contributed by atoms with Gasteiger partial charge in [0, 0.05) is 23.5 Å². The predicted octanol–water partition coefficient (Wildman–Crippen LogP) is 3.62. The molecule has 94 valence electrons. The Bertz CT molecular complexity index is 529. The SMILES string of the molecule is CCc1ccccc1-c1nc(CNC2CC2)cs1. The molecule has 1 saturated carbocycles. The average Bonchev–Trinajstić information content (AvgIpc) is 3.13. The number of hydrogen-bond donors (Lipinski definition) is 1. The monoisotopic (exact) mass is 258 g/mol. The summed E-state index contributed by atoms with van der Waals surface area (Å²) in [7, 11) is 0. The standard InChI is InChI=1S/C15H18N2S/c1-2-11-5-3-4-6-14(11)15-17-13(10-18-15)9-16-12-7-8-12/h3-6,10,12,16H,2,7-9H2,1H3. The minimum atomic E-state index is 0.748. The topological polar surface area (TPSA) is 24.9 Å². The quantitative estimate of drug-likeness (QED) is 0.886. The van der Waals surface area contributed by atoms with Crippen molar-refractivity contribution in [3.8, 4) is 10.6 Å². The van der Waals surface area contributed by atoms with Crippen molar-refractivity contribution < 1.29 is 0 Å². The van der Waals surface area contributed by atoms with Crippen LogP contribution in [0.2, 0.25) is 0 Å². The van der Waals surface area contributed by atoms with E-state index in [1.54, 1.807) is 11.3 Å². The molecule has 1 N–H and O–H groups in total. The molecule has 0 atom stereocenters. The lowest BCUT2D eigenvalue weighted by molar-refractivity contribution is 0.678. The summed E-state index contributed by atoms with van der Waals surface area (Å²) in [5.74, 6) is 0. The van der Waals surface area contributed by atoms with Crippen molar-refractivity contribution in [1.82, 2.24) is 10.3 Å². The Balaban J connectivity index is 1.78. The van der Waals surface area contributed by atoms with Crippen LogP contribution in [0.1, 0.15) is 31.0 Å². The van der Waals surface area contributed by atoms with Crippen molar-refractivity contribution in [2.45, 2.75) is 38.8 Å². The second-order valence-corrected chi connectivity index (χ2v) is 5.67. The van der Waals surface area contributed by atoms with Crippen LogP contribution in [0.3, 0.4) is 0 Å². The summed E-state index contributed by atoms with van der Waals surface area (Å²) in [5, 5.41) is 6.84. The van der Waals surface area contributed by atoms with Gasteiger partial charge >= 0.3 is 0 Å². The van der Waals surface area contributed by atoms with E-state index in [0.29, 0.717) is 0 Å². The Morgan fingerprint density at radius 1 is 1.33 bits per heavy atom. The van der Waals surface area contributed by atoms with Gasteiger partial charge in [-0.1, -0.05) is 31.2 Å². The summed E-state index contributed by atoms with van der Waals surface area (Å²) < 4.78 is 0. The average molecular weight is 258 g/mol. The Hall–Kier alpha value is -1.19. The Labute approximate surface area is 112 Å². The molecule has 0 saturated heterocycles. The van der Waals surface area contributed by atoms with Crippen LogP contribution < -0.4 is 5.32 Å². The van der Waals surface area contributed by atoms with Crippen LogP contribution in [0, 0.1) is 0 Å². The van der Waals surface area contributed by atoms with Gasteiger partial charge in [-0.15, -0.1) is 11.3 Å². The van der Waals surface area contributed by atoms with Crippen molar-refractivity contribution in [2.24, 2.45) is 0 Å². The van der Waals surface area contributed by atoms with E-state index >= 15 is 0 Å². The maximum atomic E-state index is 4.74. The highest BCUT2D eigenvalue weighted by atomic mass is 32.1. The second kappa shape index (κ2) is 5.21. The summed E-state index contributed by atoms with van der Waals surface area (Å²) in [5.41, 5.74) is 3.85. The molecule has 0 radical (unpaired) electrons. The minimum absolute atomic E-state index is 0.748. The molecule has 3 rings (SSSR count). The largest absolute Gasteiger partial charge is 0.308 e. The summed E-state index contributed by atoms with van der Waals surface area (Å²) >= 11 is 1.75. The third-order valence-corrected chi connectivity index (χ3v) is 4.25. The first-order valence-electron chi connectivity index (χ1n) is 6.63. The molecule has 1 heterocycles. The lowest BCUT2D eigenvalue weighted by atomic mass is 10.1. The molecule has 3 heteroatoms. The van der Waals surface area contributed by atoms with Gasteiger partial charge in [-0.25, -0.2) is 4.98 Å². The van der Waals surface area contributed by atoms with Crippen LogP contribution in [-0.2, 0) is 13.0 Å². The first-order chi connectivity index (χ1) is 8.86. The molecule has 0 spiro atoms. The first-order valence-corrected chi connectivity index (χ1v) is 7.51. The van der Waals surface area contributed by atoms with Gasteiger partial charge < -0.3 is 5.32 Å². The maximum Gasteiger partial charge on any atom is 0.123 e. The van der Waals surface area contributed by atoms with E-state index in [9.17, 15) is 0 Å². The van der Waals surface area contributed by atoms with Gasteiger partial charge in [0.15, 0.2) is 0 Å². The van der Waals surface area contributed by atoms with Gasteiger partial charge in [-0.05, 0) is 24.8 Å². The third-order valence-electron chi connectivity index (χ3n) is 3.33. The van der Waals surface area contributed by atoms with Crippen molar-refractivity contribution in [2.75, 3.05) is 0 Å². The van der Waals surface area contributed by atoms with Crippen LogP contribution in [-0.4, -0.2) is 11.0 Å². The highest BCUT2D eigenvalue weighted by Crippen LogP contribution is 2.27. The van der Waals surface area contributed by atoms with Gasteiger partial charge in [-0.3, -0.25) is 0 Å². The number of aromatic nitrogens is 1. The summed E-state index contributed by atoms with van der Waals surface area (Å²) in [6.45, 7) is 3.11. The molecule has 0 aliphatic heterocycles. The summed E-state index contributed by atoms with van der Waals surface area (Å²) in [6, 6.07) is 9.32. The smallest absolute Gasteiger partial charge is 0.123 e. The number of rotatable bonds is 5. The lowest BCUT2D eigenvalue weighted by Crippen LogP contribution is -2.15. The molecule has 1 aromatic heterocycles. The normalized spacial score (nSPS) is 14.9. The molecule has 1 aliphatic rings. The van der Waals surface area contributed by atoms with Crippen molar-refractivity contribution >= 4 is 11.3 Å². The molecule has 1 aliphatic carbocycles. The number of nitrogens with one attached hydrogen (secondary N) is 1. The molecule has 18 heavy (non-hydrogen) atoms. The van der Waals surface area contributed by atoms with Crippen molar-refractivity contribution in [3.05, 3.63) is 40.9 Å². The highest BCUT2D eigenvalue weighted by molar-refractivity contribution is 7.13. The van der Waals surface area contributed by atoms with E-state index in [-0.39, 0.29) is 0 Å². The van der Waals surface area contributed by atoms with Gasteiger partial charge in [0.2, 0.25) is 0 Å². The molecule has 1 aromatic carbocycles. The molecular formula is C15H18N2S. The number of hydrogen-bond acceptors (Lipinski definition) is 3. The van der Waals surface area contributed by atoms with E-state index in [1.165, 1.54) is 29.7 Å². The van der Waals surface area contributed by atoms with E-state index in [2.05, 4.69) is 41.9 Å². The fourth-order valence-corrected chi connectivity index (χ4v) is 2.97. The summed E-state index contributed by atoms with van der Waals surface area (Å²) in [6.07, 6.45) is 3.72. The Morgan fingerprint density at radius 2 is 2.17 bits per heavy atom. The molecular weight excluding hydrogens is 240 g/mol. The zero-order valence-electron chi connectivity index (χ0n) is 10.6. The first kappa shape index (κ1) is 11.9. The fraction of sp³-hybridized carbons (Fsp3) is 0.400. The lowest BCUT2D eigenvalue weighted by Gasteiger charge is -2.03. The van der Waals surface area contributed by atoms with Gasteiger partial charge in [0.05, 0.1) is 5.69 Å². The summed E-state index contributed by atoms with van der Waals surface area (Å²) in [4.78, 5) is 4.74. The third kappa shape index (κ3) is 2.62. The second-order valence-electron chi connectivity index (χ2n) is 4.81. The number of aryl methyl sites for hydroxylation is 1. The van der Waals surface area contributed by atoms with Crippen LogP contribution in [0.5, 0.6) is 0 Å². The minimum Gasteiger partial charge on any atom is -0.308 e. The zero-order chi connectivity index (χ0) is 12.4. The van der Waals surface area contributed by atoms with Crippen LogP contribution >= 0.6 is 11.3 Å². The van der Waals surface area contributed by atoms with Gasteiger partial charge in [0.1, 0.15) is 5.01 Å². The van der Waals surface area contributed by atoms with Crippen molar-refractivity contribution in [3.63, 3.8) is 0 Å². The molecule has 0 unspecified atom stereocenters. The molecule has 2 nitrogen and oxygen atoms in total. The molecule has 0 amide bonds. The molecule has 1 fully saturated rings. The van der Waals surface area contributed by atoms with Gasteiger partial charge in [-0.2, -0.15) is 0 Å². The van der Waals surface area contributed by atoms with E-state index in [1.807, 2.05) is 0 Å². The number of benzene rings is 1. The van der Waals surface area contributed by atoms with Crippen LogP contribution in [0.4, 0.5) is 0 Å². The zero-order valence-corrected chi connectivity index (χ0v) is 11.5. The van der Waals surface area contributed by atoms with E-state index < -0.39 is 0 Å².